The zero-order valence-corrected chi connectivity index (χ0v) is 11.8. The van der Waals surface area contributed by atoms with Crippen molar-refractivity contribution in [3.63, 3.8) is 0 Å². The fourth-order valence-electron chi connectivity index (χ4n) is 1.67. The summed E-state index contributed by atoms with van der Waals surface area (Å²) >= 11 is 0. The van der Waals surface area contributed by atoms with E-state index in [1.165, 1.54) is 12.1 Å². The number of para-hydroxylation sites is 1. The summed E-state index contributed by atoms with van der Waals surface area (Å²) < 4.78 is 63.2. The summed E-state index contributed by atoms with van der Waals surface area (Å²) in [6, 6.07) is 11.6. The van der Waals surface area contributed by atoms with Gasteiger partial charge in [0.25, 0.3) is 15.8 Å². The number of halogens is 3. The number of hydrogen-bond acceptors (Lipinski definition) is 3. The smallest absolute Gasteiger partial charge is 0.284 e. The molecule has 0 aliphatic carbocycles. The molecule has 0 bridgehead atoms. The fourth-order valence-corrected chi connectivity index (χ4v) is 2.73. The van der Waals surface area contributed by atoms with Crippen LogP contribution in [0.1, 0.15) is 10.4 Å². The Morgan fingerprint density at radius 2 is 1.45 bits per heavy atom. The highest BCUT2D eigenvalue weighted by Crippen LogP contribution is 2.23. The quantitative estimate of drug-likeness (QED) is 0.876. The lowest BCUT2D eigenvalue weighted by atomic mass is 10.1. The van der Waals surface area contributed by atoms with Gasteiger partial charge in [-0.2, -0.15) is 13.2 Å². The number of carbonyl (C=O) groups excluding carboxylic acids is 1. The topological polar surface area (TPSA) is 63.2 Å². The maximum absolute atomic E-state index is 12.3. The number of rotatable bonds is 4. The molecule has 22 heavy (non-hydrogen) atoms. The lowest BCUT2D eigenvalue weighted by Crippen LogP contribution is -2.22. The van der Waals surface area contributed by atoms with Crippen molar-refractivity contribution in [1.29, 1.82) is 0 Å². The summed E-state index contributed by atoms with van der Waals surface area (Å²) in [5, 5.41) is 0. The second kappa shape index (κ2) is 5.80. The van der Waals surface area contributed by atoms with E-state index in [-0.39, 0.29) is 4.90 Å². The van der Waals surface area contributed by atoms with Crippen LogP contribution in [0.3, 0.4) is 0 Å². The first-order chi connectivity index (χ1) is 10.2. The van der Waals surface area contributed by atoms with Crippen LogP contribution >= 0.6 is 0 Å². The minimum Gasteiger partial charge on any atom is -0.284 e. The summed E-state index contributed by atoms with van der Waals surface area (Å²) in [6.45, 7) is 0. The molecule has 0 fully saturated rings. The third kappa shape index (κ3) is 3.64. The molecule has 4 nitrogen and oxygen atoms in total. The molecule has 0 aliphatic rings. The number of alkyl halides is 3. The van der Waals surface area contributed by atoms with Crippen molar-refractivity contribution in [2.24, 2.45) is 0 Å². The van der Waals surface area contributed by atoms with Gasteiger partial charge >= 0.3 is 6.18 Å². The highest BCUT2D eigenvalue weighted by Gasteiger charge is 2.39. The summed E-state index contributed by atoms with van der Waals surface area (Å²) in [5.74, 6) is -2.02. The van der Waals surface area contributed by atoms with Gasteiger partial charge in [-0.05, 0) is 36.4 Å². The summed E-state index contributed by atoms with van der Waals surface area (Å²) in [5.41, 5.74) is -0.302. The van der Waals surface area contributed by atoms with Crippen LogP contribution in [0.2, 0.25) is 0 Å². The Morgan fingerprint density at radius 1 is 0.909 bits per heavy atom. The molecule has 2 aromatic rings. The Morgan fingerprint density at radius 3 is 1.95 bits per heavy atom. The predicted molar refractivity (Wildman–Crippen MR) is 74.1 cm³/mol. The van der Waals surface area contributed by atoms with Crippen molar-refractivity contribution in [3.05, 3.63) is 60.2 Å². The van der Waals surface area contributed by atoms with Crippen molar-refractivity contribution in [3.8, 4) is 0 Å². The third-order valence-corrected chi connectivity index (χ3v) is 4.11. The molecule has 0 atom stereocenters. The lowest BCUT2D eigenvalue weighted by Gasteiger charge is -2.09. The van der Waals surface area contributed by atoms with Gasteiger partial charge in [0.1, 0.15) is 0 Å². The number of benzene rings is 2. The van der Waals surface area contributed by atoms with Gasteiger partial charge in [0.05, 0.1) is 4.90 Å². The van der Waals surface area contributed by atoms with Crippen molar-refractivity contribution in [2.45, 2.75) is 11.1 Å². The average Bonchev–Trinajstić information content (AvgIpc) is 2.46. The lowest BCUT2D eigenvalue weighted by molar-refractivity contribution is -0.0885. The number of anilines is 1. The molecule has 0 aromatic heterocycles. The molecule has 2 aromatic carbocycles. The molecule has 2 rings (SSSR count). The van der Waals surface area contributed by atoms with Crippen LogP contribution in [0, 0.1) is 0 Å². The van der Waals surface area contributed by atoms with Crippen molar-refractivity contribution >= 4 is 21.5 Å². The van der Waals surface area contributed by atoms with E-state index < -0.39 is 27.5 Å². The van der Waals surface area contributed by atoms with Gasteiger partial charge in [-0.3, -0.25) is 9.52 Å². The molecule has 0 saturated heterocycles. The Balaban J connectivity index is 2.25. The van der Waals surface area contributed by atoms with Gasteiger partial charge in [0.2, 0.25) is 0 Å². The number of Topliss-reactive ketones (excluding diaryl/α,β-unsaturated/α-hetero) is 1. The minimum atomic E-state index is -5.00. The number of hydrogen-bond donors (Lipinski definition) is 1. The second-order valence-corrected chi connectivity index (χ2v) is 6.01. The molecule has 116 valence electrons. The van der Waals surface area contributed by atoms with Crippen molar-refractivity contribution in [2.75, 3.05) is 4.72 Å². The summed E-state index contributed by atoms with van der Waals surface area (Å²) in [6.07, 6.45) is -5.00. The van der Waals surface area contributed by atoms with Gasteiger partial charge < -0.3 is 0 Å². The summed E-state index contributed by atoms with van der Waals surface area (Å²) in [7, 11) is -3.93. The molecule has 0 spiro atoms. The molecule has 0 radical (unpaired) electrons. The first kappa shape index (κ1) is 16.0. The monoisotopic (exact) mass is 329 g/mol. The van der Waals surface area contributed by atoms with E-state index in [2.05, 4.69) is 4.72 Å². The molecule has 1 N–H and O–H groups in total. The Hall–Kier alpha value is -2.35. The fraction of sp³-hybridized carbons (Fsp3) is 0.0714. The van der Waals surface area contributed by atoms with E-state index in [0.717, 1.165) is 24.3 Å². The van der Waals surface area contributed by atoms with E-state index in [1.54, 1.807) is 18.2 Å². The van der Waals surface area contributed by atoms with Crippen LogP contribution in [0.4, 0.5) is 18.9 Å². The number of sulfonamides is 1. The van der Waals surface area contributed by atoms with Crippen LogP contribution in [0.15, 0.2) is 59.5 Å². The van der Waals surface area contributed by atoms with Crippen LogP contribution in [-0.4, -0.2) is 20.4 Å². The van der Waals surface area contributed by atoms with E-state index in [0.29, 0.717) is 5.69 Å². The molecule has 0 amide bonds. The molecule has 0 aliphatic heterocycles. The van der Waals surface area contributed by atoms with Crippen LogP contribution in [-0.2, 0) is 10.0 Å². The van der Waals surface area contributed by atoms with Gasteiger partial charge in [-0.15, -0.1) is 0 Å². The van der Waals surface area contributed by atoms with Crippen LogP contribution in [0.25, 0.3) is 0 Å². The highest BCUT2D eigenvalue weighted by molar-refractivity contribution is 7.92. The standard InChI is InChI=1S/C14H10F3NO3S/c15-14(16,17)13(19)10-6-8-12(9-7-10)22(20,21)18-11-4-2-1-3-5-11/h1-9,18H. The van der Waals surface area contributed by atoms with E-state index >= 15 is 0 Å². The van der Waals surface area contributed by atoms with Crippen LogP contribution in [0.5, 0.6) is 0 Å². The maximum atomic E-state index is 12.3. The number of ketones is 1. The summed E-state index contributed by atoms with van der Waals surface area (Å²) in [4.78, 5) is 10.8. The zero-order valence-electron chi connectivity index (χ0n) is 11.0. The van der Waals surface area contributed by atoms with Crippen molar-refractivity contribution < 1.29 is 26.4 Å². The average molecular weight is 329 g/mol. The first-order valence-corrected chi connectivity index (χ1v) is 7.48. The zero-order chi connectivity index (χ0) is 16.4. The van der Waals surface area contributed by atoms with Crippen LogP contribution < -0.4 is 4.72 Å². The third-order valence-electron chi connectivity index (χ3n) is 2.71. The van der Waals surface area contributed by atoms with E-state index in [9.17, 15) is 26.4 Å². The largest absolute Gasteiger partial charge is 0.454 e. The Labute approximate surface area is 124 Å². The highest BCUT2D eigenvalue weighted by atomic mass is 32.2. The van der Waals surface area contributed by atoms with Gasteiger partial charge in [0.15, 0.2) is 0 Å². The predicted octanol–water partition coefficient (Wildman–Crippen LogP) is 3.23. The van der Waals surface area contributed by atoms with Gasteiger partial charge in [-0.25, -0.2) is 8.42 Å². The normalized spacial score (nSPS) is 12.0. The number of nitrogens with one attached hydrogen (secondary N) is 1. The molecule has 0 saturated carbocycles. The van der Waals surface area contributed by atoms with Crippen molar-refractivity contribution in [1.82, 2.24) is 0 Å². The van der Waals surface area contributed by atoms with Gasteiger partial charge in [0, 0.05) is 11.3 Å². The first-order valence-electron chi connectivity index (χ1n) is 5.99. The molecular formula is C14H10F3NO3S. The molecule has 8 heteroatoms. The van der Waals surface area contributed by atoms with E-state index in [1.807, 2.05) is 0 Å². The Kier molecular flexibility index (Phi) is 4.23. The molecular weight excluding hydrogens is 319 g/mol. The number of carbonyl (C=O) groups is 1. The van der Waals surface area contributed by atoms with E-state index in [4.69, 9.17) is 0 Å². The van der Waals surface area contributed by atoms with Gasteiger partial charge in [-0.1, -0.05) is 18.2 Å². The molecule has 0 unspecified atom stereocenters. The minimum absolute atomic E-state index is 0.241. The maximum Gasteiger partial charge on any atom is 0.454 e. The Bertz CT molecular complexity index is 769. The SMILES string of the molecule is O=C(c1ccc(S(=O)(=O)Nc2ccccc2)cc1)C(F)(F)F. The molecule has 0 heterocycles. The second-order valence-electron chi connectivity index (χ2n) is 4.32.